The quantitative estimate of drug-likeness (QED) is 0.741. The van der Waals surface area contributed by atoms with Gasteiger partial charge in [-0.3, -0.25) is 4.79 Å². The zero-order valence-electron chi connectivity index (χ0n) is 6.34. The lowest BCUT2D eigenvalue weighted by Gasteiger charge is -1.99. The van der Waals surface area contributed by atoms with Gasteiger partial charge in [-0.05, 0) is 50.7 Å². The molecule has 13 heavy (non-hydrogen) atoms. The molecule has 0 fully saturated rings. The van der Waals surface area contributed by atoms with Gasteiger partial charge in [0.05, 0.1) is 17.2 Å². The van der Waals surface area contributed by atoms with Gasteiger partial charge in [0.15, 0.2) is 0 Å². The molecule has 0 spiro atoms. The summed E-state index contributed by atoms with van der Waals surface area (Å²) in [7, 11) is 0. The Balaban J connectivity index is 3.09. The van der Waals surface area contributed by atoms with Crippen molar-refractivity contribution in [3.63, 3.8) is 0 Å². The third-order valence-electron chi connectivity index (χ3n) is 1.69. The van der Waals surface area contributed by atoms with Crippen LogP contribution in [-0.4, -0.2) is 9.97 Å². The number of nitrogens with one attached hydrogen (secondary N) is 1. The fourth-order valence-electron chi connectivity index (χ4n) is 1.11. The Morgan fingerprint density at radius 3 is 2.92 bits per heavy atom. The highest BCUT2D eigenvalue weighted by Gasteiger charge is 2.06. The molecule has 0 aliphatic heterocycles. The van der Waals surface area contributed by atoms with E-state index in [1.54, 1.807) is 0 Å². The Hall–Kier alpha value is -0.430. The molecule has 1 heterocycles. The van der Waals surface area contributed by atoms with Gasteiger partial charge < -0.3 is 4.98 Å². The van der Waals surface area contributed by atoms with Gasteiger partial charge in [0, 0.05) is 8.04 Å². The van der Waals surface area contributed by atoms with E-state index in [2.05, 4.69) is 48.5 Å². The maximum atomic E-state index is 11.4. The van der Waals surface area contributed by atoms with E-state index in [1.165, 1.54) is 6.33 Å². The molecule has 0 saturated heterocycles. The minimum atomic E-state index is -0.115. The van der Waals surface area contributed by atoms with Crippen molar-refractivity contribution in [2.24, 2.45) is 0 Å². The van der Waals surface area contributed by atoms with Gasteiger partial charge in [-0.15, -0.1) is 0 Å². The lowest BCUT2D eigenvalue weighted by atomic mass is 10.2. The maximum Gasteiger partial charge on any atom is 0.259 e. The summed E-state index contributed by atoms with van der Waals surface area (Å²) in [6.07, 6.45) is 1.42. The smallest absolute Gasteiger partial charge is 0.259 e. The van der Waals surface area contributed by atoms with Gasteiger partial charge in [-0.2, -0.15) is 0 Å². The second-order valence-electron chi connectivity index (χ2n) is 2.48. The highest BCUT2D eigenvalue weighted by atomic mass is 127. The van der Waals surface area contributed by atoms with Crippen LogP contribution in [0.5, 0.6) is 0 Å². The van der Waals surface area contributed by atoms with Crippen molar-refractivity contribution >= 4 is 49.4 Å². The number of benzene rings is 1. The molecule has 66 valence electrons. The minimum absolute atomic E-state index is 0.115. The van der Waals surface area contributed by atoms with Crippen molar-refractivity contribution in [2.45, 2.75) is 0 Å². The van der Waals surface area contributed by atoms with Crippen LogP contribution in [0.1, 0.15) is 0 Å². The summed E-state index contributed by atoms with van der Waals surface area (Å²) in [5.74, 6) is 0. The number of hydrogen-bond acceptors (Lipinski definition) is 2. The second-order valence-corrected chi connectivity index (χ2v) is 4.50. The first-order chi connectivity index (χ1) is 6.20. The largest absolute Gasteiger partial charge is 0.313 e. The SMILES string of the molecule is O=c1[nH]cnc2c(I)ccc(Br)c12. The first-order valence-corrected chi connectivity index (χ1v) is 5.39. The molecule has 0 aliphatic carbocycles. The van der Waals surface area contributed by atoms with E-state index in [9.17, 15) is 4.79 Å². The Labute approximate surface area is 95.8 Å². The van der Waals surface area contributed by atoms with Crippen molar-refractivity contribution in [3.8, 4) is 0 Å². The minimum Gasteiger partial charge on any atom is -0.313 e. The molecule has 0 radical (unpaired) electrons. The summed E-state index contributed by atoms with van der Waals surface area (Å²) in [6, 6.07) is 3.76. The first-order valence-electron chi connectivity index (χ1n) is 3.51. The van der Waals surface area contributed by atoms with Crippen molar-refractivity contribution in [1.29, 1.82) is 0 Å². The van der Waals surface area contributed by atoms with E-state index in [0.29, 0.717) is 5.39 Å². The molecule has 2 aromatic rings. The summed E-state index contributed by atoms with van der Waals surface area (Å²) in [5, 5.41) is 0.606. The normalized spacial score (nSPS) is 10.6. The number of hydrogen-bond donors (Lipinski definition) is 1. The van der Waals surface area contributed by atoms with Crippen molar-refractivity contribution in [3.05, 3.63) is 36.9 Å². The standard InChI is InChI=1S/C8H4BrIN2O/c9-4-1-2-5(10)7-6(4)8(13)12-3-11-7/h1-3H,(H,11,12,13). The molecule has 0 unspecified atom stereocenters. The molecule has 0 saturated carbocycles. The lowest BCUT2D eigenvalue weighted by molar-refractivity contribution is 1.17. The lowest BCUT2D eigenvalue weighted by Crippen LogP contribution is -2.07. The molecular formula is C8H4BrIN2O. The molecule has 0 bridgehead atoms. The summed E-state index contributed by atoms with van der Waals surface area (Å²) in [5.41, 5.74) is 0.620. The maximum absolute atomic E-state index is 11.4. The molecule has 1 N–H and O–H groups in total. The third kappa shape index (κ3) is 1.50. The number of aromatic nitrogens is 2. The number of halogens is 2. The number of nitrogens with zero attached hydrogens (tertiary/aromatic N) is 1. The predicted octanol–water partition coefficient (Wildman–Crippen LogP) is 2.29. The Bertz CT molecular complexity index is 523. The molecule has 0 amide bonds. The van der Waals surface area contributed by atoms with E-state index < -0.39 is 0 Å². The van der Waals surface area contributed by atoms with Gasteiger partial charge in [-0.25, -0.2) is 4.98 Å². The molecule has 1 aromatic heterocycles. The summed E-state index contributed by atoms with van der Waals surface area (Å²) < 4.78 is 1.75. The van der Waals surface area contributed by atoms with Crippen LogP contribution in [0.25, 0.3) is 10.9 Å². The third-order valence-corrected chi connectivity index (χ3v) is 3.23. The number of rotatable bonds is 0. The van der Waals surface area contributed by atoms with Crippen LogP contribution in [0.3, 0.4) is 0 Å². The van der Waals surface area contributed by atoms with Gasteiger partial charge in [0.25, 0.3) is 5.56 Å². The summed E-state index contributed by atoms with van der Waals surface area (Å²) in [6.45, 7) is 0. The second kappa shape index (κ2) is 3.38. The number of fused-ring (bicyclic) bond motifs is 1. The van der Waals surface area contributed by atoms with E-state index >= 15 is 0 Å². The number of H-pyrrole nitrogens is 1. The topological polar surface area (TPSA) is 45.8 Å². The van der Waals surface area contributed by atoms with Crippen molar-refractivity contribution in [1.82, 2.24) is 9.97 Å². The van der Waals surface area contributed by atoms with Crippen molar-refractivity contribution in [2.75, 3.05) is 0 Å². The fourth-order valence-corrected chi connectivity index (χ4v) is 2.20. The number of aromatic amines is 1. The van der Waals surface area contributed by atoms with E-state index in [-0.39, 0.29) is 5.56 Å². The highest BCUT2D eigenvalue weighted by Crippen LogP contribution is 2.22. The van der Waals surface area contributed by atoms with Crippen LogP contribution in [0, 0.1) is 3.57 Å². The Morgan fingerprint density at radius 1 is 1.46 bits per heavy atom. The monoisotopic (exact) mass is 350 g/mol. The van der Waals surface area contributed by atoms with Gasteiger partial charge in [0.1, 0.15) is 0 Å². The fraction of sp³-hybridized carbons (Fsp3) is 0. The molecule has 0 aliphatic rings. The molecule has 5 heteroatoms. The molecular weight excluding hydrogens is 347 g/mol. The summed E-state index contributed by atoms with van der Waals surface area (Å²) in [4.78, 5) is 18.1. The zero-order valence-corrected chi connectivity index (χ0v) is 10.1. The van der Waals surface area contributed by atoms with E-state index in [0.717, 1.165) is 13.6 Å². The van der Waals surface area contributed by atoms with Crippen LogP contribution >= 0.6 is 38.5 Å². The predicted molar refractivity (Wildman–Crippen MR) is 62.8 cm³/mol. The van der Waals surface area contributed by atoms with Crippen LogP contribution in [0.4, 0.5) is 0 Å². The average molecular weight is 351 g/mol. The van der Waals surface area contributed by atoms with E-state index in [1.807, 2.05) is 12.1 Å². The first kappa shape index (κ1) is 9.14. The average Bonchev–Trinajstić information content (AvgIpc) is 2.12. The van der Waals surface area contributed by atoms with Gasteiger partial charge in [-0.1, -0.05) is 0 Å². The van der Waals surface area contributed by atoms with Crippen molar-refractivity contribution < 1.29 is 0 Å². The van der Waals surface area contributed by atoms with Crippen LogP contribution in [-0.2, 0) is 0 Å². The van der Waals surface area contributed by atoms with Crippen LogP contribution in [0.15, 0.2) is 27.7 Å². The zero-order chi connectivity index (χ0) is 9.42. The van der Waals surface area contributed by atoms with Crippen LogP contribution in [0.2, 0.25) is 0 Å². The van der Waals surface area contributed by atoms with Gasteiger partial charge in [0.2, 0.25) is 0 Å². The van der Waals surface area contributed by atoms with Gasteiger partial charge >= 0.3 is 0 Å². The molecule has 0 atom stereocenters. The van der Waals surface area contributed by atoms with Crippen LogP contribution < -0.4 is 5.56 Å². The highest BCUT2D eigenvalue weighted by molar-refractivity contribution is 14.1. The molecule has 2 rings (SSSR count). The summed E-state index contributed by atoms with van der Waals surface area (Å²) >= 11 is 5.47. The molecule has 1 aromatic carbocycles. The Kier molecular flexibility index (Phi) is 2.37. The molecule has 3 nitrogen and oxygen atoms in total. The Morgan fingerprint density at radius 2 is 2.23 bits per heavy atom. The van der Waals surface area contributed by atoms with E-state index in [4.69, 9.17) is 0 Å².